The SMILES string of the molecule is Cc1ncsc1CN(Cc1ccccc1)C(=O)c1ncc[nH]1. The van der Waals surface area contributed by atoms with Gasteiger partial charge in [0.1, 0.15) is 0 Å². The summed E-state index contributed by atoms with van der Waals surface area (Å²) in [6.45, 7) is 3.03. The summed E-state index contributed by atoms with van der Waals surface area (Å²) in [5.41, 5.74) is 3.86. The highest BCUT2D eigenvalue weighted by atomic mass is 32.1. The fraction of sp³-hybridized carbons (Fsp3) is 0.188. The molecule has 6 heteroatoms. The second-order valence-electron chi connectivity index (χ2n) is 4.95. The maximum atomic E-state index is 12.7. The van der Waals surface area contributed by atoms with Crippen molar-refractivity contribution >= 4 is 17.2 Å². The van der Waals surface area contributed by atoms with Crippen LogP contribution in [0.25, 0.3) is 0 Å². The predicted molar refractivity (Wildman–Crippen MR) is 85.5 cm³/mol. The number of aromatic nitrogens is 3. The van der Waals surface area contributed by atoms with Crippen molar-refractivity contribution in [3.05, 3.63) is 70.2 Å². The summed E-state index contributed by atoms with van der Waals surface area (Å²) in [5.74, 6) is 0.250. The highest BCUT2D eigenvalue weighted by molar-refractivity contribution is 7.09. The van der Waals surface area contributed by atoms with Crippen molar-refractivity contribution in [2.24, 2.45) is 0 Å². The van der Waals surface area contributed by atoms with E-state index >= 15 is 0 Å². The van der Waals surface area contributed by atoms with Gasteiger partial charge in [0.05, 0.1) is 17.7 Å². The number of amides is 1. The van der Waals surface area contributed by atoms with Crippen LogP contribution in [0, 0.1) is 6.92 Å². The molecule has 0 fully saturated rings. The molecule has 0 saturated carbocycles. The van der Waals surface area contributed by atoms with E-state index in [1.165, 1.54) is 0 Å². The maximum Gasteiger partial charge on any atom is 0.290 e. The Balaban J connectivity index is 1.85. The first-order chi connectivity index (χ1) is 10.7. The minimum absolute atomic E-state index is 0.110. The van der Waals surface area contributed by atoms with Gasteiger partial charge in [-0.25, -0.2) is 9.97 Å². The molecular formula is C16H16N4OS. The fourth-order valence-electron chi connectivity index (χ4n) is 2.19. The zero-order valence-corrected chi connectivity index (χ0v) is 13.0. The van der Waals surface area contributed by atoms with E-state index in [-0.39, 0.29) is 5.91 Å². The number of nitrogens with zero attached hydrogens (tertiary/aromatic N) is 3. The predicted octanol–water partition coefficient (Wildman–Crippen LogP) is 3.02. The third-order valence-corrected chi connectivity index (χ3v) is 4.30. The molecule has 0 spiro atoms. The largest absolute Gasteiger partial charge is 0.341 e. The van der Waals surface area contributed by atoms with E-state index in [2.05, 4.69) is 15.0 Å². The Hall–Kier alpha value is -2.47. The summed E-state index contributed by atoms with van der Waals surface area (Å²) in [7, 11) is 0. The number of nitrogens with one attached hydrogen (secondary N) is 1. The monoisotopic (exact) mass is 312 g/mol. The van der Waals surface area contributed by atoms with Crippen molar-refractivity contribution < 1.29 is 4.79 Å². The Morgan fingerprint density at radius 1 is 1.23 bits per heavy atom. The molecule has 2 heterocycles. The average Bonchev–Trinajstić information content (AvgIpc) is 3.19. The number of thiazole rings is 1. The van der Waals surface area contributed by atoms with Crippen LogP contribution in [-0.4, -0.2) is 25.8 Å². The van der Waals surface area contributed by atoms with Crippen molar-refractivity contribution in [3.63, 3.8) is 0 Å². The maximum absolute atomic E-state index is 12.7. The number of hydrogen-bond acceptors (Lipinski definition) is 4. The smallest absolute Gasteiger partial charge is 0.290 e. The number of carbonyl (C=O) groups excluding carboxylic acids is 1. The molecule has 0 bridgehead atoms. The molecule has 0 aliphatic rings. The molecular weight excluding hydrogens is 296 g/mol. The summed E-state index contributed by atoms with van der Waals surface area (Å²) in [6, 6.07) is 9.95. The molecule has 3 aromatic rings. The lowest BCUT2D eigenvalue weighted by molar-refractivity contribution is 0.0720. The molecule has 1 amide bonds. The molecule has 0 atom stereocenters. The Kier molecular flexibility index (Phi) is 4.29. The fourth-order valence-corrected chi connectivity index (χ4v) is 2.98. The number of benzene rings is 1. The highest BCUT2D eigenvalue weighted by Gasteiger charge is 2.20. The molecule has 112 valence electrons. The molecule has 1 aromatic carbocycles. The third-order valence-electron chi connectivity index (χ3n) is 3.38. The summed E-state index contributed by atoms with van der Waals surface area (Å²) in [4.78, 5) is 26.8. The number of aryl methyl sites for hydroxylation is 1. The van der Waals surface area contributed by atoms with Crippen LogP contribution in [0.3, 0.4) is 0 Å². The highest BCUT2D eigenvalue weighted by Crippen LogP contribution is 2.18. The molecule has 0 radical (unpaired) electrons. The van der Waals surface area contributed by atoms with E-state index < -0.39 is 0 Å². The molecule has 0 aliphatic carbocycles. The first-order valence-corrected chi connectivity index (χ1v) is 7.83. The Labute approximate surface area is 132 Å². The molecule has 1 N–H and O–H groups in total. The molecule has 0 unspecified atom stereocenters. The van der Waals surface area contributed by atoms with Crippen LogP contribution in [0.15, 0.2) is 48.2 Å². The lowest BCUT2D eigenvalue weighted by Crippen LogP contribution is -2.30. The van der Waals surface area contributed by atoms with Crippen LogP contribution in [-0.2, 0) is 13.1 Å². The van der Waals surface area contributed by atoms with E-state index in [0.29, 0.717) is 18.9 Å². The number of carbonyl (C=O) groups is 1. The van der Waals surface area contributed by atoms with Crippen LogP contribution in [0.2, 0.25) is 0 Å². The third kappa shape index (κ3) is 3.23. The zero-order valence-electron chi connectivity index (χ0n) is 12.2. The Morgan fingerprint density at radius 2 is 2.05 bits per heavy atom. The summed E-state index contributed by atoms with van der Waals surface area (Å²) in [6.07, 6.45) is 3.25. The normalized spacial score (nSPS) is 10.6. The Morgan fingerprint density at radius 3 is 2.68 bits per heavy atom. The average molecular weight is 312 g/mol. The van der Waals surface area contributed by atoms with Gasteiger partial charge in [-0.15, -0.1) is 11.3 Å². The zero-order chi connectivity index (χ0) is 15.4. The van der Waals surface area contributed by atoms with E-state index in [1.807, 2.05) is 42.8 Å². The standard InChI is InChI=1S/C16H16N4OS/c1-12-14(22-11-19-12)10-20(9-13-5-3-2-4-6-13)16(21)15-17-7-8-18-15/h2-8,11H,9-10H2,1H3,(H,17,18). The summed E-state index contributed by atoms with van der Waals surface area (Å²) in [5, 5.41) is 0. The van der Waals surface area contributed by atoms with Crippen molar-refractivity contribution in [3.8, 4) is 0 Å². The van der Waals surface area contributed by atoms with Crippen molar-refractivity contribution in [2.45, 2.75) is 20.0 Å². The van der Waals surface area contributed by atoms with Crippen molar-refractivity contribution in [1.29, 1.82) is 0 Å². The minimum Gasteiger partial charge on any atom is -0.341 e. The number of imidazole rings is 1. The molecule has 2 aromatic heterocycles. The van der Waals surface area contributed by atoms with Gasteiger partial charge in [0.2, 0.25) is 0 Å². The van der Waals surface area contributed by atoms with Gasteiger partial charge in [-0.3, -0.25) is 4.79 Å². The van der Waals surface area contributed by atoms with Gasteiger partial charge in [0.15, 0.2) is 5.82 Å². The van der Waals surface area contributed by atoms with Crippen LogP contribution in [0.5, 0.6) is 0 Å². The van der Waals surface area contributed by atoms with Gasteiger partial charge >= 0.3 is 0 Å². The van der Waals surface area contributed by atoms with Crippen LogP contribution < -0.4 is 0 Å². The second kappa shape index (κ2) is 6.53. The van der Waals surface area contributed by atoms with Crippen LogP contribution in [0.1, 0.15) is 26.8 Å². The first-order valence-electron chi connectivity index (χ1n) is 6.95. The number of hydrogen-bond donors (Lipinski definition) is 1. The Bertz CT molecular complexity index is 737. The first kappa shape index (κ1) is 14.5. The molecule has 22 heavy (non-hydrogen) atoms. The van der Waals surface area contributed by atoms with Gasteiger partial charge in [-0.1, -0.05) is 30.3 Å². The van der Waals surface area contributed by atoms with Crippen molar-refractivity contribution in [2.75, 3.05) is 0 Å². The second-order valence-corrected chi connectivity index (χ2v) is 5.88. The van der Waals surface area contributed by atoms with Gasteiger partial charge < -0.3 is 9.88 Å². The van der Waals surface area contributed by atoms with E-state index in [1.54, 1.807) is 28.6 Å². The minimum atomic E-state index is -0.110. The van der Waals surface area contributed by atoms with E-state index in [4.69, 9.17) is 0 Å². The van der Waals surface area contributed by atoms with Gasteiger partial charge in [-0.2, -0.15) is 0 Å². The number of aromatic amines is 1. The van der Waals surface area contributed by atoms with Gasteiger partial charge in [-0.05, 0) is 12.5 Å². The summed E-state index contributed by atoms with van der Waals surface area (Å²) >= 11 is 1.57. The van der Waals surface area contributed by atoms with Crippen molar-refractivity contribution in [1.82, 2.24) is 19.9 Å². The van der Waals surface area contributed by atoms with Crippen LogP contribution >= 0.6 is 11.3 Å². The quantitative estimate of drug-likeness (QED) is 0.787. The van der Waals surface area contributed by atoms with Crippen LogP contribution in [0.4, 0.5) is 0 Å². The molecule has 0 aliphatic heterocycles. The van der Waals surface area contributed by atoms with E-state index in [0.717, 1.165) is 16.1 Å². The summed E-state index contributed by atoms with van der Waals surface area (Å²) < 4.78 is 0. The van der Waals surface area contributed by atoms with Gasteiger partial charge in [0, 0.05) is 23.8 Å². The lowest BCUT2D eigenvalue weighted by atomic mass is 10.2. The molecule has 3 rings (SSSR count). The van der Waals surface area contributed by atoms with E-state index in [9.17, 15) is 4.79 Å². The molecule has 0 saturated heterocycles. The lowest BCUT2D eigenvalue weighted by Gasteiger charge is -2.21. The van der Waals surface area contributed by atoms with Gasteiger partial charge in [0.25, 0.3) is 5.91 Å². The number of H-pyrrole nitrogens is 1. The molecule has 5 nitrogen and oxygen atoms in total. The topological polar surface area (TPSA) is 61.9 Å². The number of rotatable bonds is 5.